The summed E-state index contributed by atoms with van der Waals surface area (Å²) in [5.74, 6) is -2.59. The largest absolute Gasteiger partial charge is 0.414 e. The van der Waals surface area contributed by atoms with Gasteiger partial charge in [0.25, 0.3) is 9.70 Å². The molecule has 0 aromatic heterocycles. The standard InChI is InChI=1S/C33H62Cl3NO8Si3/c1-12-46(13-2,14-3)41-23-32-26(43-32)25(24-21-40-30(10,11)42-24)31(22-38,37-29(39)33(34,35)36)27(44-47(15-4,16-5)17-6)28(32)45-48(18-7,19-8)20-9/h22,24-28H,12-21,23H2,1-11H3,(H,37,39)/t24-,25+,26+,27-,28+,31-,32+/m1/s1. The van der Waals surface area contributed by atoms with Gasteiger partial charge in [0.15, 0.2) is 30.7 Å². The number of rotatable bonds is 19. The van der Waals surface area contributed by atoms with Gasteiger partial charge in [-0.2, -0.15) is 0 Å². The lowest BCUT2D eigenvalue weighted by Crippen LogP contribution is -2.78. The highest BCUT2D eigenvalue weighted by atomic mass is 35.6. The summed E-state index contributed by atoms with van der Waals surface area (Å²) in [7, 11) is -7.00. The third-order valence-electron chi connectivity index (χ3n) is 12.2. The number of fused-ring (bicyclic) bond motifs is 1. The molecule has 3 fully saturated rings. The summed E-state index contributed by atoms with van der Waals surface area (Å²) < 4.78 is 39.2. The second kappa shape index (κ2) is 16.2. The molecule has 1 aliphatic carbocycles. The fourth-order valence-electron chi connectivity index (χ4n) is 8.13. The molecule has 3 aliphatic rings. The molecule has 0 unspecified atom stereocenters. The van der Waals surface area contributed by atoms with Gasteiger partial charge in [-0.25, -0.2) is 0 Å². The van der Waals surface area contributed by atoms with Gasteiger partial charge in [-0.3, -0.25) is 4.79 Å². The number of epoxide rings is 1. The van der Waals surface area contributed by atoms with E-state index >= 15 is 0 Å². The third kappa shape index (κ3) is 8.15. The van der Waals surface area contributed by atoms with E-state index in [1.807, 2.05) is 13.8 Å². The van der Waals surface area contributed by atoms with Crippen molar-refractivity contribution in [2.75, 3.05) is 13.2 Å². The third-order valence-corrected chi connectivity index (χ3v) is 26.6. The van der Waals surface area contributed by atoms with Crippen LogP contribution in [0.2, 0.25) is 54.4 Å². The normalized spacial score (nSPS) is 32.2. The van der Waals surface area contributed by atoms with E-state index in [9.17, 15) is 9.59 Å². The summed E-state index contributed by atoms with van der Waals surface area (Å²) in [5, 5.41) is 2.95. The van der Waals surface area contributed by atoms with Crippen LogP contribution >= 0.6 is 34.8 Å². The Morgan fingerprint density at radius 2 is 1.25 bits per heavy atom. The number of carbonyl (C=O) groups is 2. The highest BCUT2D eigenvalue weighted by molar-refractivity contribution is 6.76. The zero-order chi connectivity index (χ0) is 36.4. The number of aldehydes is 1. The minimum atomic E-state index is -2.51. The molecular weight excluding hydrogens is 729 g/mol. The summed E-state index contributed by atoms with van der Waals surface area (Å²) in [4.78, 5) is 27.8. The predicted molar refractivity (Wildman–Crippen MR) is 201 cm³/mol. The first-order chi connectivity index (χ1) is 22.4. The summed E-state index contributed by atoms with van der Waals surface area (Å²) in [6, 6.07) is 7.92. The van der Waals surface area contributed by atoms with E-state index in [0.717, 1.165) is 60.7 Å². The van der Waals surface area contributed by atoms with Crippen molar-refractivity contribution in [1.29, 1.82) is 0 Å². The minimum absolute atomic E-state index is 0.180. The van der Waals surface area contributed by atoms with Crippen molar-refractivity contribution in [2.45, 2.75) is 176 Å². The van der Waals surface area contributed by atoms with Crippen molar-refractivity contribution in [3.05, 3.63) is 0 Å². The molecular formula is C33H62Cl3NO8Si3. The Balaban J connectivity index is 2.40. The second-order valence-corrected chi connectivity index (χ2v) is 31.0. The molecule has 1 N–H and O–H groups in total. The van der Waals surface area contributed by atoms with Crippen molar-refractivity contribution < 1.29 is 37.1 Å². The van der Waals surface area contributed by atoms with Crippen LogP contribution < -0.4 is 5.32 Å². The van der Waals surface area contributed by atoms with Gasteiger partial charge in [0.05, 0.1) is 19.3 Å². The van der Waals surface area contributed by atoms with Crippen LogP contribution in [0.4, 0.5) is 0 Å². The van der Waals surface area contributed by atoms with E-state index in [-0.39, 0.29) is 6.61 Å². The SMILES string of the molecule is CC[Si](CC)(CC)OC[C@]12O[C@H]1[C@H]([C@H]1COC(C)(C)O1)[C@@](C=O)(NC(=O)C(Cl)(Cl)Cl)[C@H](O[Si](CC)(CC)CC)[C@@H]2O[Si](CC)(CC)CC. The number of carbonyl (C=O) groups excluding carboxylic acids is 2. The number of hydrogen-bond acceptors (Lipinski definition) is 8. The fraction of sp³-hybridized carbons (Fsp3) is 0.939. The van der Waals surface area contributed by atoms with Gasteiger partial charge >= 0.3 is 0 Å². The Labute approximate surface area is 307 Å². The average Bonchev–Trinajstić information content (AvgIpc) is 3.69. The number of ether oxygens (including phenoxy) is 3. The molecule has 2 saturated heterocycles. The van der Waals surface area contributed by atoms with Crippen molar-refractivity contribution in [3.8, 4) is 0 Å². The molecule has 1 saturated carbocycles. The molecule has 7 atom stereocenters. The summed E-state index contributed by atoms with van der Waals surface area (Å²) in [6.45, 7) is 23.7. The Kier molecular flexibility index (Phi) is 14.5. The van der Waals surface area contributed by atoms with Gasteiger partial charge in [0.2, 0.25) is 0 Å². The highest BCUT2D eigenvalue weighted by Gasteiger charge is 2.80. The van der Waals surface area contributed by atoms with Crippen LogP contribution in [0.1, 0.15) is 76.2 Å². The van der Waals surface area contributed by atoms with Crippen LogP contribution in [0.25, 0.3) is 0 Å². The maximum atomic E-state index is 14.0. The first kappa shape index (κ1) is 42.8. The second-order valence-electron chi connectivity index (χ2n) is 14.5. The van der Waals surface area contributed by atoms with Gasteiger partial charge in [0, 0.05) is 5.92 Å². The molecule has 3 rings (SSSR count). The summed E-state index contributed by atoms with van der Waals surface area (Å²) >= 11 is 18.6. The van der Waals surface area contributed by atoms with Gasteiger partial charge in [0.1, 0.15) is 35.7 Å². The fourth-order valence-corrected chi connectivity index (χ4v) is 16.6. The molecule has 0 aromatic carbocycles. The molecule has 1 amide bonds. The molecule has 280 valence electrons. The van der Waals surface area contributed by atoms with Gasteiger partial charge in [-0.15, -0.1) is 0 Å². The van der Waals surface area contributed by atoms with Crippen molar-refractivity contribution >= 4 is 71.9 Å². The van der Waals surface area contributed by atoms with Crippen LogP contribution in [0, 0.1) is 5.92 Å². The van der Waals surface area contributed by atoms with Gasteiger partial charge in [-0.05, 0) is 68.2 Å². The van der Waals surface area contributed by atoms with Crippen LogP contribution in [0.15, 0.2) is 0 Å². The molecule has 0 bridgehead atoms. The van der Waals surface area contributed by atoms with E-state index in [0.29, 0.717) is 6.61 Å². The Bertz CT molecular complexity index is 1080. The lowest BCUT2D eigenvalue weighted by molar-refractivity contribution is -0.168. The minimum Gasteiger partial charge on any atom is -0.414 e. The zero-order valence-electron chi connectivity index (χ0n) is 31.1. The van der Waals surface area contributed by atoms with E-state index in [1.54, 1.807) is 0 Å². The first-order valence-electron chi connectivity index (χ1n) is 18.3. The Morgan fingerprint density at radius 3 is 1.62 bits per heavy atom. The number of hydrogen-bond donors (Lipinski definition) is 1. The Morgan fingerprint density at radius 1 is 0.792 bits per heavy atom. The van der Waals surface area contributed by atoms with E-state index in [1.165, 1.54) is 0 Å². The smallest absolute Gasteiger partial charge is 0.273 e. The zero-order valence-corrected chi connectivity index (χ0v) is 36.4. The predicted octanol–water partition coefficient (Wildman–Crippen LogP) is 8.13. The lowest BCUT2D eigenvalue weighted by Gasteiger charge is -2.55. The summed E-state index contributed by atoms with van der Waals surface area (Å²) in [6.07, 6.45) is -2.15. The van der Waals surface area contributed by atoms with Crippen molar-refractivity contribution in [1.82, 2.24) is 5.32 Å². The Hall–Kier alpha value is 0.421. The van der Waals surface area contributed by atoms with Crippen LogP contribution in [-0.4, -0.2) is 95.5 Å². The number of alkyl halides is 3. The summed E-state index contributed by atoms with van der Waals surface area (Å²) in [5.41, 5.74) is -2.67. The van der Waals surface area contributed by atoms with Gasteiger partial charge < -0.3 is 37.6 Å². The van der Waals surface area contributed by atoms with Crippen LogP contribution in [0.3, 0.4) is 0 Å². The maximum absolute atomic E-state index is 14.0. The van der Waals surface area contributed by atoms with Crippen molar-refractivity contribution in [2.24, 2.45) is 5.92 Å². The van der Waals surface area contributed by atoms with Gasteiger partial charge in [-0.1, -0.05) is 97.1 Å². The molecule has 0 spiro atoms. The van der Waals surface area contributed by atoms with Crippen molar-refractivity contribution in [3.63, 3.8) is 0 Å². The molecule has 48 heavy (non-hydrogen) atoms. The first-order valence-corrected chi connectivity index (χ1v) is 27.0. The number of nitrogens with one attached hydrogen (secondary N) is 1. The van der Waals surface area contributed by atoms with E-state index in [2.05, 4.69) is 67.6 Å². The maximum Gasteiger partial charge on any atom is 0.273 e. The van der Waals surface area contributed by atoms with E-state index in [4.69, 9.17) is 62.3 Å². The monoisotopic (exact) mass is 789 g/mol. The average molecular weight is 791 g/mol. The highest BCUT2D eigenvalue weighted by Crippen LogP contribution is 2.60. The number of amides is 1. The molecule has 2 aliphatic heterocycles. The van der Waals surface area contributed by atoms with E-state index < -0.39 is 81.9 Å². The topological polar surface area (TPSA) is 105 Å². The van der Waals surface area contributed by atoms with Crippen LogP contribution in [-0.2, 0) is 37.1 Å². The van der Waals surface area contributed by atoms with Crippen LogP contribution in [0.5, 0.6) is 0 Å². The molecule has 0 aromatic rings. The number of halogens is 3. The molecule has 9 nitrogen and oxygen atoms in total. The quantitative estimate of drug-likeness (QED) is 0.0606. The molecule has 15 heteroatoms. The lowest BCUT2D eigenvalue weighted by atomic mass is 9.64. The molecule has 2 heterocycles. The molecule has 0 radical (unpaired) electrons.